The molecule has 0 N–H and O–H groups in total. The predicted octanol–water partition coefficient (Wildman–Crippen LogP) is 2.73. The minimum atomic E-state index is -4.63. The predicted molar refractivity (Wildman–Crippen MR) is 70.1 cm³/mol. The van der Waals surface area contributed by atoms with Gasteiger partial charge in [-0.1, -0.05) is 0 Å². The van der Waals surface area contributed by atoms with E-state index in [1.807, 2.05) is 0 Å². The van der Waals surface area contributed by atoms with E-state index in [9.17, 15) is 22.8 Å². The lowest BCUT2D eigenvalue weighted by Crippen LogP contribution is -2.21. The Kier molecular flexibility index (Phi) is 3.76. The van der Waals surface area contributed by atoms with Gasteiger partial charge in [-0.25, -0.2) is 4.79 Å². The van der Waals surface area contributed by atoms with Gasteiger partial charge in [-0.05, 0) is 25.1 Å². The number of ether oxygens (including phenoxy) is 1. The zero-order valence-electron chi connectivity index (χ0n) is 11.3. The molecule has 1 aromatic heterocycles. The molecular weight excluding hydrogens is 287 g/mol. The molecule has 0 radical (unpaired) electrons. The minimum absolute atomic E-state index is 0.0249. The van der Waals surface area contributed by atoms with Crippen molar-refractivity contribution >= 4 is 16.7 Å². The minimum Gasteiger partial charge on any atom is -0.462 e. The molecule has 0 aliphatic heterocycles. The van der Waals surface area contributed by atoms with Gasteiger partial charge in [0.05, 0.1) is 17.7 Å². The van der Waals surface area contributed by atoms with E-state index < -0.39 is 23.3 Å². The van der Waals surface area contributed by atoms with Gasteiger partial charge in [0.15, 0.2) is 0 Å². The summed E-state index contributed by atoms with van der Waals surface area (Å²) >= 11 is 0. The van der Waals surface area contributed by atoms with E-state index in [1.165, 1.54) is 19.2 Å². The topological polar surface area (TPSA) is 48.3 Å². The van der Waals surface area contributed by atoms with Crippen LogP contribution < -0.4 is 5.56 Å². The fourth-order valence-corrected chi connectivity index (χ4v) is 2.03. The van der Waals surface area contributed by atoms with E-state index in [-0.39, 0.29) is 22.9 Å². The third-order valence-corrected chi connectivity index (χ3v) is 3.00. The molecule has 0 fully saturated rings. The third-order valence-electron chi connectivity index (χ3n) is 3.00. The second-order valence-corrected chi connectivity index (χ2v) is 4.44. The van der Waals surface area contributed by atoms with Crippen molar-refractivity contribution in [2.45, 2.75) is 13.1 Å². The van der Waals surface area contributed by atoms with Gasteiger partial charge in [-0.3, -0.25) is 4.79 Å². The summed E-state index contributed by atoms with van der Waals surface area (Å²) in [4.78, 5) is 23.5. The second kappa shape index (κ2) is 5.23. The fourth-order valence-electron chi connectivity index (χ4n) is 2.03. The number of rotatable bonds is 2. The van der Waals surface area contributed by atoms with Crippen LogP contribution in [0.1, 0.15) is 22.8 Å². The van der Waals surface area contributed by atoms with Gasteiger partial charge in [0.1, 0.15) is 0 Å². The van der Waals surface area contributed by atoms with Crippen molar-refractivity contribution in [3.8, 4) is 0 Å². The van der Waals surface area contributed by atoms with Gasteiger partial charge in [0.2, 0.25) is 0 Å². The van der Waals surface area contributed by atoms with Crippen molar-refractivity contribution < 1.29 is 22.7 Å². The summed E-state index contributed by atoms with van der Waals surface area (Å²) in [7, 11) is 1.25. The van der Waals surface area contributed by atoms with Crippen LogP contribution in [0.5, 0.6) is 0 Å². The fraction of sp³-hybridized carbons (Fsp3) is 0.286. The average Bonchev–Trinajstić information content (AvgIpc) is 2.41. The number of aryl methyl sites for hydroxylation is 1. The zero-order chi connectivity index (χ0) is 15.8. The molecule has 0 aliphatic carbocycles. The molecule has 112 valence electrons. The molecule has 0 bridgehead atoms. The Labute approximate surface area is 117 Å². The monoisotopic (exact) mass is 299 g/mol. The quantitative estimate of drug-likeness (QED) is 0.801. The lowest BCUT2D eigenvalue weighted by molar-refractivity contribution is -0.136. The number of halogens is 3. The summed E-state index contributed by atoms with van der Waals surface area (Å²) in [5.74, 6) is -0.729. The number of hydrogen-bond donors (Lipinski definition) is 0. The molecule has 2 rings (SSSR count). The second-order valence-electron chi connectivity index (χ2n) is 4.44. The molecular formula is C14H12F3NO3. The van der Waals surface area contributed by atoms with Crippen molar-refractivity contribution in [1.29, 1.82) is 0 Å². The number of pyridine rings is 1. The van der Waals surface area contributed by atoms with Gasteiger partial charge in [0, 0.05) is 24.0 Å². The highest BCUT2D eigenvalue weighted by molar-refractivity contribution is 5.96. The maximum Gasteiger partial charge on any atom is 0.418 e. The molecule has 0 unspecified atom stereocenters. The van der Waals surface area contributed by atoms with Crippen LogP contribution in [0.25, 0.3) is 10.8 Å². The first-order valence-corrected chi connectivity index (χ1v) is 6.13. The first kappa shape index (κ1) is 15.1. The van der Waals surface area contributed by atoms with Gasteiger partial charge in [0.25, 0.3) is 5.56 Å². The highest BCUT2D eigenvalue weighted by atomic mass is 19.4. The molecule has 4 nitrogen and oxygen atoms in total. The normalized spacial score (nSPS) is 11.7. The number of alkyl halides is 3. The van der Waals surface area contributed by atoms with E-state index in [0.717, 1.165) is 16.8 Å². The van der Waals surface area contributed by atoms with Gasteiger partial charge in [-0.2, -0.15) is 13.2 Å². The molecule has 0 atom stereocenters. The first-order chi connectivity index (χ1) is 9.75. The SMILES string of the molecule is CCOC(=O)c1ccc2c(=O)n(C)cc(C(F)(F)F)c2c1. The highest BCUT2D eigenvalue weighted by Crippen LogP contribution is 2.33. The van der Waals surface area contributed by atoms with Crippen molar-refractivity contribution in [3.63, 3.8) is 0 Å². The summed E-state index contributed by atoms with van der Waals surface area (Å²) in [5.41, 5.74) is -1.55. The number of carbonyl (C=O) groups is 1. The first-order valence-electron chi connectivity index (χ1n) is 6.13. The zero-order valence-corrected chi connectivity index (χ0v) is 11.3. The summed E-state index contributed by atoms with van der Waals surface area (Å²) < 4.78 is 44.9. The third kappa shape index (κ3) is 2.76. The maximum absolute atomic E-state index is 13.1. The van der Waals surface area contributed by atoms with Crippen LogP contribution in [0, 0.1) is 0 Å². The number of nitrogens with zero attached hydrogens (tertiary/aromatic N) is 1. The van der Waals surface area contributed by atoms with Gasteiger partial charge in [-0.15, -0.1) is 0 Å². The number of aromatic nitrogens is 1. The number of carbonyl (C=O) groups excluding carboxylic acids is 1. The summed E-state index contributed by atoms with van der Waals surface area (Å²) in [6.45, 7) is 1.70. The summed E-state index contributed by atoms with van der Waals surface area (Å²) in [5, 5.41) is -0.406. The molecule has 0 spiro atoms. The number of benzene rings is 1. The van der Waals surface area contributed by atoms with E-state index >= 15 is 0 Å². The molecule has 1 aromatic carbocycles. The molecule has 0 amide bonds. The van der Waals surface area contributed by atoms with Gasteiger partial charge >= 0.3 is 12.1 Å². The Morgan fingerprint density at radius 1 is 1.29 bits per heavy atom. The van der Waals surface area contributed by atoms with Crippen molar-refractivity contribution in [2.24, 2.45) is 7.05 Å². The Hall–Kier alpha value is -2.31. The number of hydrogen-bond acceptors (Lipinski definition) is 3. The van der Waals surface area contributed by atoms with Crippen LogP contribution in [0.4, 0.5) is 13.2 Å². The molecule has 0 saturated heterocycles. The lowest BCUT2D eigenvalue weighted by Gasteiger charge is -2.13. The van der Waals surface area contributed by atoms with Crippen LogP contribution in [-0.2, 0) is 18.0 Å². The smallest absolute Gasteiger partial charge is 0.418 e. The van der Waals surface area contributed by atoms with Gasteiger partial charge < -0.3 is 9.30 Å². The van der Waals surface area contributed by atoms with Crippen molar-refractivity contribution in [2.75, 3.05) is 6.61 Å². The lowest BCUT2D eigenvalue weighted by atomic mass is 10.0. The summed E-state index contributed by atoms with van der Waals surface area (Å²) in [6.07, 6.45) is -3.91. The van der Waals surface area contributed by atoms with Crippen molar-refractivity contribution in [1.82, 2.24) is 4.57 Å². The number of esters is 1. The van der Waals surface area contributed by atoms with Crippen LogP contribution in [-0.4, -0.2) is 17.1 Å². The van der Waals surface area contributed by atoms with Crippen LogP contribution in [0.2, 0.25) is 0 Å². The molecule has 1 heterocycles. The highest BCUT2D eigenvalue weighted by Gasteiger charge is 2.34. The maximum atomic E-state index is 13.1. The van der Waals surface area contributed by atoms with E-state index in [2.05, 4.69) is 0 Å². The summed E-state index contributed by atoms with van der Waals surface area (Å²) in [6, 6.07) is 3.53. The van der Waals surface area contributed by atoms with Crippen LogP contribution in [0.15, 0.2) is 29.2 Å². The molecule has 0 aliphatic rings. The molecule has 0 saturated carbocycles. The number of fused-ring (bicyclic) bond motifs is 1. The Bertz CT molecular complexity index is 762. The largest absolute Gasteiger partial charge is 0.462 e. The van der Waals surface area contributed by atoms with Crippen LogP contribution >= 0.6 is 0 Å². The molecule has 21 heavy (non-hydrogen) atoms. The Morgan fingerprint density at radius 3 is 2.52 bits per heavy atom. The Balaban J connectivity index is 2.78. The Morgan fingerprint density at radius 2 is 1.95 bits per heavy atom. The standard InChI is InChI=1S/C14H12F3NO3/c1-3-21-13(20)8-4-5-9-10(6-8)11(14(15,16)17)7-18(2)12(9)19/h4-7H,3H2,1-2H3. The molecule has 7 heteroatoms. The van der Waals surface area contributed by atoms with E-state index in [0.29, 0.717) is 0 Å². The van der Waals surface area contributed by atoms with E-state index in [4.69, 9.17) is 4.74 Å². The average molecular weight is 299 g/mol. The molecule has 2 aromatic rings. The van der Waals surface area contributed by atoms with Crippen LogP contribution in [0.3, 0.4) is 0 Å². The van der Waals surface area contributed by atoms with Crippen molar-refractivity contribution in [3.05, 3.63) is 45.9 Å². The van der Waals surface area contributed by atoms with E-state index in [1.54, 1.807) is 6.92 Å².